The van der Waals surface area contributed by atoms with Gasteiger partial charge >= 0.3 is 0 Å². The fourth-order valence-corrected chi connectivity index (χ4v) is 4.05. The highest BCUT2D eigenvalue weighted by atomic mass is 16.5. The molecule has 2 aliphatic heterocycles. The lowest BCUT2D eigenvalue weighted by atomic mass is 9.96. The van der Waals surface area contributed by atoms with Crippen molar-refractivity contribution >= 4 is 17.7 Å². The third-order valence-electron chi connectivity index (χ3n) is 5.94. The third kappa shape index (κ3) is 5.44. The summed E-state index contributed by atoms with van der Waals surface area (Å²) in [6, 6.07) is 9.81. The van der Waals surface area contributed by atoms with Gasteiger partial charge in [-0.25, -0.2) is 4.98 Å². The van der Waals surface area contributed by atoms with Crippen LogP contribution in [0.4, 0.5) is 11.8 Å². The van der Waals surface area contributed by atoms with Crippen molar-refractivity contribution in [2.45, 2.75) is 26.3 Å². The summed E-state index contributed by atoms with van der Waals surface area (Å²) >= 11 is 0. The number of piperidine rings is 1. The largest absolute Gasteiger partial charge is 0.497 e. The SMILES string of the molecule is COc1ccc(CNC(=O)C2CCN(c3cc(C)nc(N4CCOCC4)n3)CC2)cc1. The van der Waals surface area contributed by atoms with Crippen LogP contribution in [0.2, 0.25) is 0 Å². The average Bonchev–Trinajstić information content (AvgIpc) is 2.83. The summed E-state index contributed by atoms with van der Waals surface area (Å²) in [7, 11) is 1.65. The van der Waals surface area contributed by atoms with Gasteiger partial charge < -0.3 is 24.6 Å². The Morgan fingerprint density at radius 3 is 2.48 bits per heavy atom. The minimum Gasteiger partial charge on any atom is -0.497 e. The first kappa shape index (κ1) is 21.4. The summed E-state index contributed by atoms with van der Waals surface area (Å²) in [5.74, 6) is 2.71. The Kier molecular flexibility index (Phi) is 6.86. The Morgan fingerprint density at radius 2 is 1.81 bits per heavy atom. The molecule has 1 amide bonds. The van der Waals surface area contributed by atoms with Gasteiger partial charge in [-0.15, -0.1) is 0 Å². The Hall–Kier alpha value is -2.87. The predicted molar refractivity (Wildman–Crippen MR) is 120 cm³/mol. The molecule has 0 saturated carbocycles. The zero-order chi connectivity index (χ0) is 21.6. The Balaban J connectivity index is 1.30. The van der Waals surface area contributed by atoms with Crippen molar-refractivity contribution in [1.29, 1.82) is 0 Å². The van der Waals surface area contributed by atoms with E-state index in [1.54, 1.807) is 7.11 Å². The topological polar surface area (TPSA) is 79.8 Å². The summed E-state index contributed by atoms with van der Waals surface area (Å²) in [6.45, 7) is 7.25. The molecule has 0 aliphatic carbocycles. The second-order valence-electron chi connectivity index (χ2n) is 8.09. The van der Waals surface area contributed by atoms with Gasteiger partial charge in [0, 0.05) is 50.4 Å². The summed E-state index contributed by atoms with van der Waals surface area (Å²) < 4.78 is 10.6. The standard InChI is InChI=1S/C23H31N5O3/c1-17-15-21(26-23(25-17)28-11-13-31-14-12-28)27-9-7-19(8-10-27)22(29)24-16-18-3-5-20(30-2)6-4-18/h3-6,15,19H,7-14,16H2,1-2H3,(H,24,29). The molecule has 3 heterocycles. The maximum Gasteiger partial charge on any atom is 0.227 e. The first-order valence-electron chi connectivity index (χ1n) is 11.0. The van der Waals surface area contributed by atoms with E-state index < -0.39 is 0 Å². The number of carbonyl (C=O) groups excluding carboxylic acids is 1. The molecule has 8 nitrogen and oxygen atoms in total. The Labute approximate surface area is 183 Å². The Bertz CT molecular complexity index is 875. The molecule has 0 radical (unpaired) electrons. The van der Waals surface area contributed by atoms with Gasteiger partial charge in [0.1, 0.15) is 11.6 Å². The minimum absolute atomic E-state index is 0.0381. The summed E-state index contributed by atoms with van der Waals surface area (Å²) in [6.07, 6.45) is 1.65. The third-order valence-corrected chi connectivity index (χ3v) is 5.94. The van der Waals surface area contributed by atoms with Gasteiger partial charge in [-0.3, -0.25) is 4.79 Å². The van der Waals surface area contributed by atoms with E-state index in [-0.39, 0.29) is 11.8 Å². The van der Waals surface area contributed by atoms with Crippen LogP contribution in [-0.4, -0.2) is 62.4 Å². The molecular weight excluding hydrogens is 394 g/mol. The monoisotopic (exact) mass is 425 g/mol. The molecule has 2 aromatic rings. The molecule has 1 aromatic heterocycles. The van der Waals surface area contributed by atoms with Crippen molar-refractivity contribution in [2.75, 3.05) is 56.3 Å². The number of nitrogens with one attached hydrogen (secondary N) is 1. The molecule has 8 heteroatoms. The molecule has 166 valence electrons. The number of carbonyl (C=O) groups is 1. The number of morpholine rings is 1. The number of nitrogens with zero attached hydrogens (tertiary/aromatic N) is 4. The van der Waals surface area contributed by atoms with Gasteiger partial charge in [-0.1, -0.05) is 12.1 Å². The molecule has 1 N–H and O–H groups in total. The van der Waals surface area contributed by atoms with Crippen LogP contribution >= 0.6 is 0 Å². The normalized spacial score (nSPS) is 17.5. The van der Waals surface area contributed by atoms with Gasteiger partial charge in [-0.05, 0) is 37.5 Å². The van der Waals surface area contributed by atoms with Crippen molar-refractivity contribution in [3.05, 3.63) is 41.6 Å². The van der Waals surface area contributed by atoms with Crippen molar-refractivity contribution in [2.24, 2.45) is 5.92 Å². The van der Waals surface area contributed by atoms with Crippen molar-refractivity contribution in [3.8, 4) is 5.75 Å². The second kappa shape index (κ2) is 9.96. The van der Waals surface area contributed by atoms with Crippen LogP contribution in [0.3, 0.4) is 0 Å². The lowest BCUT2D eigenvalue weighted by molar-refractivity contribution is -0.125. The number of hydrogen-bond donors (Lipinski definition) is 1. The van der Waals surface area contributed by atoms with E-state index in [1.165, 1.54) is 0 Å². The average molecular weight is 426 g/mol. The number of methoxy groups -OCH3 is 1. The van der Waals surface area contributed by atoms with Gasteiger partial charge in [0.2, 0.25) is 11.9 Å². The first-order valence-corrected chi connectivity index (χ1v) is 11.0. The molecule has 0 bridgehead atoms. The number of benzene rings is 1. The number of aryl methyl sites for hydroxylation is 1. The second-order valence-corrected chi connectivity index (χ2v) is 8.09. The number of hydrogen-bond acceptors (Lipinski definition) is 7. The van der Waals surface area contributed by atoms with Gasteiger partial charge in [0.15, 0.2) is 0 Å². The lowest BCUT2D eigenvalue weighted by Crippen LogP contribution is -2.41. The summed E-state index contributed by atoms with van der Waals surface area (Å²) in [5.41, 5.74) is 2.03. The highest BCUT2D eigenvalue weighted by molar-refractivity contribution is 5.79. The van der Waals surface area contributed by atoms with Crippen LogP contribution in [0.25, 0.3) is 0 Å². The minimum atomic E-state index is 0.0381. The number of anilines is 2. The van der Waals surface area contributed by atoms with E-state index in [4.69, 9.17) is 14.5 Å². The molecule has 0 unspecified atom stereocenters. The van der Waals surface area contributed by atoms with Crippen LogP contribution in [0.5, 0.6) is 5.75 Å². The Morgan fingerprint density at radius 1 is 1.10 bits per heavy atom. The van der Waals surface area contributed by atoms with Crippen LogP contribution in [0.1, 0.15) is 24.1 Å². The summed E-state index contributed by atoms with van der Waals surface area (Å²) in [5, 5.41) is 3.08. The maximum absolute atomic E-state index is 12.7. The van der Waals surface area contributed by atoms with Crippen molar-refractivity contribution in [3.63, 3.8) is 0 Å². The van der Waals surface area contributed by atoms with Gasteiger partial charge in [0.25, 0.3) is 0 Å². The highest BCUT2D eigenvalue weighted by Gasteiger charge is 2.26. The van der Waals surface area contributed by atoms with E-state index in [0.29, 0.717) is 19.8 Å². The fraction of sp³-hybridized carbons (Fsp3) is 0.522. The molecule has 2 fully saturated rings. The smallest absolute Gasteiger partial charge is 0.227 e. The zero-order valence-electron chi connectivity index (χ0n) is 18.3. The van der Waals surface area contributed by atoms with Crippen LogP contribution in [0, 0.1) is 12.8 Å². The molecule has 4 rings (SSSR count). The van der Waals surface area contributed by atoms with Crippen LogP contribution in [-0.2, 0) is 16.1 Å². The molecule has 1 aromatic carbocycles. The van der Waals surface area contributed by atoms with E-state index in [9.17, 15) is 4.79 Å². The van der Waals surface area contributed by atoms with E-state index in [1.807, 2.05) is 37.3 Å². The van der Waals surface area contributed by atoms with E-state index in [0.717, 1.165) is 67.8 Å². The summed E-state index contributed by atoms with van der Waals surface area (Å²) in [4.78, 5) is 26.5. The molecule has 2 aliphatic rings. The number of ether oxygens (including phenoxy) is 2. The van der Waals surface area contributed by atoms with Crippen LogP contribution in [0.15, 0.2) is 30.3 Å². The molecule has 2 saturated heterocycles. The maximum atomic E-state index is 12.7. The quantitative estimate of drug-likeness (QED) is 0.760. The van der Waals surface area contributed by atoms with Crippen molar-refractivity contribution in [1.82, 2.24) is 15.3 Å². The number of rotatable bonds is 6. The van der Waals surface area contributed by atoms with Gasteiger partial charge in [0.05, 0.1) is 20.3 Å². The number of aromatic nitrogens is 2. The van der Waals surface area contributed by atoms with Gasteiger partial charge in [-0.2, -0.15) is 4.98 Å². The van der Waals surface area contributed by atoms with E-state index in [2.05, 4.69) is 20.1 Å². The van der Waals surface area contributed by atoms with Crippen molar-refractivity contribution < 1.29 is 14.3 Å². The van der Waals surface area contributed by atoms with Crippen LogP contribution < -0.4 is 19.9 Å². The zero-order valence-corrected chi connectivity index (χ0v) is 18.3. The van der Waals surface area contributed by atoms with E-state index >= 15 is 0 Å². The predicted octanol–water partition coefficient (Wildman–Crippen LogP) is 2.16. The number of amides is 1. The highest BCUT2D eigenvalue weighted by Crippen LogP contribution is 2.24. The fourth-order valence-electron chi connectivity index (χ4n) is 4.05. The molecule has 0 atom stereocenters. The molecular formula is C23H31N5O3. The molecule has 31 heavy (non-hydrogen) atoms. The lowest BCUT2D eigenvalue weighted by Gasteiger charge is -2.33. The first-order chi connectivity index (χ1) is 15.1. The molecule has 0 spiro atoms.